The Balaban J connectivity index is 2.60. The molecule has 4 nitrogen and oxygen atoms in total. The first-order valence-corrected chi connectivity index (χ1v) is 5.99. The van der Waals surface area contributed by atoms with Crippen molar-refractivity contribution in [3.63, 3.8) is 0 Å². The van der Waals surface area contributed by atoms with Gasteiger partial charge < -0.3 is 10.2 Å². The maximum Gasteiger partial charge on any atom is 0.199 e. The lowest BCUT2D eigenvalue weighted by molar-refractivity contribution is 0.576. The molecular formula is C9H7BrIN3O. The third-order valence-electron chi connectivity index (χ3n) is 1.86. The van der Waals surface area contributed by atoms with Crippen molar-refractivity contribution in [3.8, 4) is 11.6 Å². The molecule has 78 valence electrons. The van der Waals surface area contributed by atoms with Crippen molar-refractivity contribution in [1.82, 2.24) is 9.97 Å². The quantitative estimate of drug-likeness (QED) is 0.773. The van der Waals surface area contributed by atoms with Gasteiger partial charge >= 0.3 is 0 Å². The fourth-order valence-corrected chi connectivity index (χ4v) is 1.76. The average Bonchev–Trinajstić information content (AvgIpc) is 2.60. The summed E-state index contributed by atoms with van der Waals surface area (Å²) in [4.78, 5) is 8.49. The van der Waals surface area contributed by atoms with Gasteiger partial charge in [0.15, 0.2) is 11.6 Å². The molecule has 0 unspecified atom stereocenters. The van der Waals surface area contributed by atoms with Crippen LogP contribution in [-0.4, -0.2) is 9.97 Å². The smallest absolute Gasteiger partial charge is 0.199 e. The van der Waals surface area contributed by atoms with Crippen LogP contribution in [0.2, 0.25) is 0 Å². The summed E-state index contributed by atoms with van der Waals surface area (Å²) >= 11 is 5.47. The van der Waals surface area contributed by atoms with Crippen LogP contribution < -0.4 is 5.73 Å². The van der Waals surface area contributed by atoms with Gasteiger partial charge in [-0.25, -0.2) is 9.97 Å². The van der Waals surface area contributed by atoms with Crippen molar-refractivity contribution in [2.24, 2.45) is 0 Å². The standard InChI is InChI=1S/C9H7BrIN3O/c1-4-6(11)8(12)14-9(13-4)7-5(10)2-3-15-7/h2-3H,1H3,(H2,12,13,14). The van der Waals surface area contributed by atoms with E-state index in [1.54, 1.807) is 12.3 Å². The molecule has 0 bridgehead atoms. The second-order valence-electron chi connectivity index (χ2n) is 2.93. The molecule has 0 saturated heterocycles. The second kappa shape index (κ2) is 4.09. The van der Waals surface area contributed by atoms with E-state index in [-0.39, 0.29) is 0 Å². The SMILES string of the molecule is Cc1nc(-c2occc2Br)nc(N)c1I. The highest BCUT2D eigenvalue weighted by molar-refractivity contribution is 14.1. The number of anilines is 1. The lowest BCUT2D eigenvalue weighted by atomic mass is 10.3. The number of nitrogen functional groups attached to an aromatic ring is 1. The molecule has 0 aliphatic heterocycles. The van der Waals surface area contributed by atoms with E-state index in [0.717, 1.165) is 13.7 Å². The van der Waals surface area contributed by atoms with Crippen LogP contribution in [0.15, 0.2) is 21.2 Å². The summed E-state index contributed by atoms with van der Waals surface area (Å²) in [5, 5.41) is 0. The molecule has 0 aliphatic rings. The molecule has 0 radical (unpaired) electrons. The van der Waals surface area contributed by atoms with Crippen molar-refractivity contribution < 1.29 is 4.42 Å². The summed E-state index contributed by atoms with van der Waals surface area (Å²) < 4.78 is 6.97. The highest BCUT2D eigenvalue weighted by atomic mass is 127. The number of nitrogens with two attached hydrogens (primary N) is 1. The van der Waals surface area contributed by atoms with Crippen LogP contribution in [0.1, 0.15) is 5.69 Å². The number of aromatic nitrogens is 2. The van der Waals surface area contributed by atoms with Gasteiger partial charge in [-0.05, 0) is 51.5 Å². The third-order valence-corrected chi connectivity index (χ3v) is 3.82. The lowest BCUT2D eigenvalue weighted by Crippen LogP contribution is -2.01. The number of nitrogens with zero attached hydrogens (tertiary/aromatic N) is 2. The first-order chi connectivity index (χ1) is 7.09. The molecule has 2 N–H and O–H groups in total. The van der Waals surface area contributed by atoms with E-state index < -0.39 is 0 Å². The number of hydrogen-bond donors (Lipinski definition) is 1. The van der Waals surface area contributed by atoms with Crippen molar-refractivity contribution in [3.05, 3.63) is 26.1 Å². The summed E-state index contributed by atoms with van der Waals surface area (Å²) in [6.45, 7) is 1.89. The largest absolute Gasteiger partial charge is 0.460 e. The first kappa shape index (κ1) is 10.9. The maximum absolute atomic E-state index is 5.76. The molecule has 2 aromatic rings. The highest BCUT2D eigenvalue weighted by Crippen LogP contribution is 2.28. The van der Waals surface area contributed by atoms with Crippen LogP contribution in [0.4, 0.5) is 5.82 Å². The Morgan fingerprint density at radius 3 is 2.73 bits per heavy atom. The van der Waals surface area contributed by atoms with Crippen LogP contribution in [0.3, 0.4) is 0 Å². The fraction of sp³-hybridized carbons (Fsp3) is 0.111. The molecule has 0 amide bonds. The summed E-state index contributed by atoms with van der Waals surface area (Å²) in [5.74, 6) is 1.57. The van der Waals surface area contributed by atoms with Gasteiger partial charge in [-0.1, -0.05) is 0 Å². The third kappa shape index (κ3) is 2.00. The second-order valence-corrected chi connectivity index (χ2v) is 4.86. The molecule has 0 aliphatic carbocycles. The number of aryl methyl sites for hydroxylation is 1. The number of hydrogen-bond acceptors (Lipinski definition) is 4. The van der Waals surface area contributed by atoms with Crippen LogP contribution in [-0.2, 0) is 0 Å². The summed E-state index contributed by atoms with van der Waals surface area (Å²) in [7, 11) is 0. The molecule has 2 rings (SSSR count). The molecule has 2 heterocycles. The predicted octanol–water partition coefficient (Wildman–Crippen LogP) is 2.99. The summed E-state index contributed by atoms with van der Waals surface area (Å²) in [6.07, 6.45) is 1.58. The van der Waals surface area contributed by atoms with E-state index >= 15 is 0 Å². The molecule has 6 heteroatoms. The van der Waals surface area contributed by atoms with Gasteiger partial charge in [-0.15, -0.1) is 0 Å². The predicted molar refractivity (Wildman–Crippen MR) is 69.3 cm³/mol. The molecular weight excluding hydrogens is 373 g/mol. The van der Waals surface area contributed by atoms with E-state index in [1.165, 1.54) is 0 Å². The van der Waals surface area contributed by atoms with Gasteiger partial charge in [0.2, 0.25) is 0 Å². The van der Waals surface area contributed by atoms with Crippen LogP contribution >= 0.6 is 38.5 Å². The van der Waals surface area contributed by atoms with Crippen LogP contribution in [0.5, 0.6) is 0 Å². The topological polar surface area (TPSA) is 64.9 Å². The monoisotopic (exact) mass is 379 g/mol. The molecule has 0 atom stereocenters. The fourth-order valence-electron chi connectivity index (χ4n) is 1.14. The Labute approximate surface area is 109 Å². The highest BCUT2D eigenvalue weighted by Gasteiger charge is 2.13. The van der Waals surface area contributed by atoms with E-state index in [4.69, 9.17) is 10.2 Å². The van der Waals surface area contributed by atoms with Crippen molar-refractivity contribution >= 4 is 44.3 Å². The maximum atomic E-state index is 5.76. The molecule has 15 heavy (non-hydrogen) atoms. The van der Waals surface area contributed by atoms with Crippen LogP contribution in [0, 0.1) is 10.5 Å². The van der Waals surface area contributed by atoms with Crippen molar-refractivity contribution in [2.75, 3.05) is 5.73 Å². The zero-order valence-electron chi connectivity index (χ0n) is 7.79. The zero-order chi connectivity index (χ0) is 11.0. The Hall–Kier alpha value is -0.630. The van der Waals surface area contributed by atoms with E-state index in [1.807, 2.05) is 6.92 Å². The Bertz CT molecular complexity index is 489. The summed E-state index contributed by atoms with van der Waals surface area (Å²) in [6, 6.07) is 1.79. The van der Waals surface area contributed by atoms with Gasteiger partial charge in [0.25, 0.3) is 0 Å². The van der Waals surface area contributed by atoms with Gasteiger partial charge in [-0.2, -0.15) is 0 Å². The first-order valence-electron chi connectivity index (χ1n) is 4.12. The van der Waals surface area contributed by atoms with Crippen molar-refractivity contribution in [2.45, 2.75) is 6.92 Å². The van der Waals surface area contributed by atoms with Crippen LogP contribution in [0.25, 0.3) is 11.6 Å². The molecule has 2 aromatic heterocycles. The Morgan fingerprint density at radius 2 is 2.20 bits per heavy atom. The Kier molecular flexibility index (Phi) is 2.96. The minimum atomic E-state index is 0.474. The normalized spacial score (nSPS) is 10.6. The number of furan rings is 1. The van der Waals surface area contributed by atoms with Gasteiger partial charge in [-0.3, -0.25) is 0 Å². The lowest BCUT2D eigenvalue weighted by Gasteiger charge is -2.03. The number of rotatable bonds is 1. The van der Waals surface area contributed by atoms with Crippen molar-refractivity contribution in [1.29, 1.82) is 0 Å². The summed E-state index contributed by atoms with van der Waals surface area (Å²) in [5.41, 5.74) is 6.61. The molecule has 0 fully saturated rings. The molecule has 0 spiro atoms. The molecule has 0 saturated carbocycles. The minimum Gasteiger partial charge on any atom is -0.460 e. The van der Waals surface area contributed by atoms with Gasteiger partial charge in [0.05, 0.1) is 20.0 Å². The zero-order valence-corrected chi connectivity index (χ0v) is 11.5. The average molecular weight is 380 g/mol. The van der Waals surface area contributed by atoms with E-state index in [0.29, 0.717) is 17.4 Å². The van der Waals surface area contributed by atoms with Gasteiger partial charge in [0.1, 0.15) is 5.82 Å². The van der Waals surface area contributed by atoms with Gasteiger partial charge in [0, 0.05) is 0 Å². The number of halogens is 2. The van der Waals surface area contributed by atoms with E-state index in [9.17, 15) is 0 Å². The minimum absolute atomic E-state index is 0.474. The Morgan fingerprint density at radius 1 is 1.47 bits per heavy atom. The molecule has 0 aromatic carbocycles. The van der Waals surface area contributed by atoms with E-state index in [2.05, 4.69) is 48.5 Å².